The maximum atomic E-state index is 9.57. The zero-order chi connectivity index (χ0) is 36.8. The van der Waals surface area contributed by atoms with Crippen molar-refractivity contribution in [2.45, 2.75) is 19.3 Å². The highest BCUT2D eigenvalue weighted by atomic mass is 15.0. The summed E-state index contributed by atoms with van der Waals surface area (Å²) in [4.78, 5) is 5.25. The van der Waals surface area contributed by atoms with Crippen LogP contribution in [0.15, 0.2) is 175 Å². The lowest BCUT2D eigenvalue weighted by molar-refractivity contribution is 0.660. The summed E-state index contributed by atoms with van der Waals surface area (Å²) in [6.07, 6.45) is 4.13. The third-order valence-electron chi connectivity index (χ3n) is 11.9. The molecule has 8 aromatic carbocycles. The molecule has 0 aliphatic heterocycles. The minimum absolute atomic E-state index is 0.144. The molecule has 0 fully saturated rings. The van der Waals surface area contributed by atoms with Crippen LogP contribution in [0.4, 0.5) is 5.69 Å². The number of hydrogen-bond acceptors (Lipinski definition) is 2. The number of rotatable bonds is 5. The fourth-order valence-corrected chi connectivity index (χ4v) is 9.20. The van der Waals surface area contributed by atoms with Gasteiger partial charge in [0, 0.05) is 50.0 Å². The number of para-hydroxylation sites is 2. The van der Waals surface area contributed by atoms with Crippen LogP contribution in [0.2, 0.25) is 0 Å². The minimum atomic E-state index is -0.144. The normalized spacial score (nSPS) is 13.4. The van der Waals surface area contributed by atoms with Gasteiger partial charge in [0.2, 0.25) is 0 Å². The van der Waals surface area contributed by atoms with E-state index in [1.54, 1.807) is 0 Å². The third-order valence-corrected chi connectivity index (χ3v) is 11.9. The van der Waals surface area contributed by atoms with E-state index in [1.165, 1.54) is 60.0 Å². The molecule has 2 heterocycles. The second-order valence-corrected chi connectivity index (χ2v) is 15.2. The lowest BCUT2D eigenvalue weighted by Crippen LogP contribution is -2.15. The molecule has 0 radical (unpaired) electrons. The summed E-state index contributed by atoms with van der Waals surface area (Å²) >= 11 is 0. The van der Waals surface area contributed by atoms with Gasteiger partial charge in [-0.2, -0.15) is 0 Å². The molecule has 0 amide bonds. The first kappa shape index (κ1) is 31.5. The molecule has 11 rings (SSSR count). The van der Waals surface area contributed by atoms with Crippen molar-refractivity contribution in [3.05, 3.63) is 192 Å². The first-order valence-electron chi connectivity index (χ1n) is 18.9. The van der Waals surface area contributed by atoms with Crippen molar-refractivity contribution in [2.24, 2.45) is 4.99 Å². The first-order valence-corrected chi connectivity index (χ1v) is 18.9. The number of hydrogen-bond donors (Lipinski definition) is 1. The predicted molar refractivity (Wildman–Crippen MR) is 231 cm³/mol. The zero-order valence-electron chi connectivity index (χ0n) is 30.6. The minimum Gasteiger partial charge on any atom is -0.316 e. The molecule has 0 saturated heterocycles. The standard InChI is InChI=1S/C51H36N4/c1-51(2)43-22-12-10-18-37(43)38-25-24-33(29-44(38)51)49(52)41-21-11-13-23-45(41)53-31-55-47-30-46-32(26-27-54(46)34-14-4-3-5-15-34)28-42(47)48-39-19-8-6-16-35(39)36-17-7-9-20-40(36)50(48)55/h3-31,52H,1-2H3. The van der Waals surface area contributed by atoms with Gasteiger partial charge >= 0.3 is 0 Å². The van der Waals surface area contributed by atoms with Gasteiger partial charge < -0.3 is 4.57 Å². The van der Waals surface area contributed by atoms with Crippen LogP contribution in [-0.2, 0) is 5.41 Å². The molecule has 0 spiro atoms. The third kappa shape index (κ3) is 4.58. The Hall–Kier alpha value is -7.04. The predicted octanol–water partition coefficient (Wildman–Crippen LogP) is 13.0. The van der Waals surface area contributed by atoms with Crippen LogP contribution in [0.5, 0.6) is 0 Å². The van der Waals surface area contributed by atoms with Gasteiger partial charge in [0.1, 0.15) is 6.34 Å². The summed E-state index contributed by atoms with van der Waals surface area (Å²) in [5, 5.41) is 18.0. The molecule has 1 N–H and O–H groups in total. The molecule has 10 aromatic rings. The molecule has 1 aliphatic rings. The number of nitrogens with one attached hydrogen (secondary N) is 1. The van der Waals surface area contributed by atoms with Crippen molar-refractivity contribution in [1.29, 1.82) is 5.41 Å². The van der Waals surface area contributed by atoms with E-state index in [0.717, 1.165) is 39.1 Å². The van der Waals surface area contributed by atoms with E-state index in [1.807, 2.05) is 30.6 Å². The van der Waals surface area contributed by atoms with E-state index < -0.39 is 0 Å². The second-order valence-electron chi connectivity index (χ2n) is 15.2. The van der Waals surface area contributed by atoms with Gasteiger partial charge in [-0.3, -0.25) is 9.98 Å². The Kier molecular flexibility index (Phi) is 6.71. The molecule has 55 heavy (non-hydrogen) atoms. The van der Waals surface area contributed by atoms with Crippen molar-refractivity contribution in [1.82, 2.24) is 9.13 Å². The highest BCUT2D eigenvalue weighted by Crippen LogP contribution is 2.49. The van der Waals surface area contributed by atoms with Crippen LogP contribution in [0.1, 0.15) is 36.1 Å². The average molecular weight is 705 g/mol. The SMILES string of the molecule is CC1(C)c2ccccc2-c2ccc(C(=N)c3ccccc3N=Cn3c4cc5c(ccn5-c5ccccc5)cc4c4c5ccccc5c5ccccc5c43)cc21. The van der Waals surface area contributed by atoms with Crippen molar-refractivity contribution < 1.29 is 0 Å². The topological polar surface area (TPSA) is 46.1 Å². The summed E-state index contributed by atoms with van der Waals surface area (Å²) in [5.74, 6) is 0. The molecule has 2 aromatic heterocycles. The highest BCUT2D eigenvalue weighted by molar-refractivity contribution is 6.33. The van der Waals surface area contributed by atoms with Crippen molar-refractivity contribution >= 4 is 72.0 Å². The van der Waals surface area contributed by atoms with Gasteiger partial charge in [0.15, 0.2) is 0 Å². The summed E-state index contributed by atoms with van der Waals surface area (Å²) in [5.41, 5.74) is 12.3. The number of nitrogens with zero attached hydrogens (tertiary/aromatic N) is 3. The van der Waals surface area contributed by atoms with Gasteiger partial charge in [-0.25, -0.2) is 4.99 Å². The Balaban J connectivity index is 1.12. The number of aliphatic imine (C=N–C) groups is 1. The molecule has 0 unspecified atom stereocenters. The lowest BCUT2D eigenvalue weighted by Gasteiger charge is -2.22. The molecule has 0 bridgehead atoms. The molecule has 4 nitrogen and oxygen atoms in total. The highest BCUT2D eigenvalue weighted by Gasteiger charge is 2.35. The molecule has 260 valence electrons. The van der Waals surface area contributed by atoms with Crippen LogP contribution in [0, 0.1) is 5.41 Å². The van der Waals surface area contributed by atoms with Crippen LogP contribution in [-0.4, -0.2) is 21.2 Å². The van der Waals surface area contributed by atoms with Gasteiger partial charge in [0.05, 0.1) is 27.9 Å². The Bertz CT molecular complexity index is 3250. The lowest BCUT2D eigenvalue weighted by atomic mass is 9.81. The van der Waals surface area contributed by atoms with Crippen molar-refractivity contribution in [2.75, 3.05) is 0 Å². The van der Waals surface area contributed by atoms with E-state index >= 15 is 0 Å². The summed E-state index contributed by atoms with van der Waals surface area (Å²) in [7, 11) is 0. The quantitative estimate of drug-likeness (QED) is 0.105. The fourth-order valence-electron chi connectivity index (χ4n) is 9.20. The molecular formula is C51H36N4. The van der Waals surface area contributed by atoms with E-state index in [0.29, 0.717) is 5.71 Å². The van der Waals surface area contributed by atoms with Gasteiger partial charge in [-0.05, 0) is 80.9 Å². The van der Waals surface area contributed by atoms with Crippen LogP contribution >= 0.6 is 0 Å². The maximum Gasteiger partial charge on any atom is 0.100 e. The Labute approximate surface area is 318 Å². The smallest absolute Gasteiger partial charge is 0.100 e. The number of benzene rings is 8. The maximum absolute atomic E-state index is 9.57. The largest absolute Gasteiger partial charge is 0.316 e. The summed E-state index contributed by atoms with van der Waals surface area (Å²) in [6, 6.07) is 58.1. The second kappa shape index (κ2) is 11.7. The number of fused-ring (bicyclic) bond motifs is 12. The van der Waals surface area contributed by atoms with E-state index in [9.17, 15) is 5.41 Å². The van der Waals surface area contributed by atoms with Crippen LogP contribution in [0.25, 0.3) is 71.1 Å². The van der Waals surface area contributed by atoms with E-state index in [-0.39, 0.29) is 5.41 Å². The summed E-state index contributed by atoms with van der Waals surface area (Å²) < 4.78 is 4.54. The zero-order valence-corrected chi connectivity index (χ0v) is 30.6. The molecule has 0 saturated carbocycles. The van der Waals surface area contributed by atoms with Crippen LogP contribution in [0.3, 0.4) is 0 Å². The van der Waals surface area contributed by atoms with E-state index in [4.69, 9.17) is 4.99 Å². The fraction of sp³-hybridized carbons (Fsp3) is 0.0588. The van der Waals surface area contributed by atoms with Crippen LogP contribution < -0.4 is 0 Å². The molecular weight excluding hydrogens is 669 g/mol. The Morgan fingerprint density at radius 3 is 2.09 bits per heavy atom. The molecule has 4 heteroatoms. The monoisotopic (exact) mass is 704 g/mol. The van der Waals surface area contributed by atoms with E-state index in [2.05, 4.69) is 169 Å². The van der Waals surface area contributed by atoms with Gasteiger partial charge in [0.25, 0.3) is 0 Å². The van der Waals surface area contributed by atoms with Gasteiger partial charge in [-0.1, -0.05) is 135 Å². The molecule has 0 atom stereocenters. The van der Waals surface area contributed by atoms with Crippen molar-refractivity contribution in [3.63, 3.8) is 0 Å². The first-order chi connectivity index (χ1) is 27.0. The average Bonchev–Trinajstić information content (AvgIpc) is 3.87. The van der Waals surface area contributed by atoms with Gasteiger partial charge in [-0.15, -0.1) is 0 Å². The van der Waals surface area contributed by atoms with Crippen molar-refractivity contribution in [3.8, 4) is 16.8 Å². The summed E-state index contributed by atoms with van der Waals surface area (Å²) in [6.45, 7) is 4.57. The Morgan fingerprint density at radius 1 is 0.582 bits per heavy atom. The Morgan fingerprint density at radius 2 is 1.25 bits per heavy atom. The molecule has 1 aliphatic carbocycles. The number of aromatic nitrogens is 2.